The highest BCUT2D eigenvalue weighted by molar-refractivity contribution is 5.28. The Hall–Kier alpha value is -1.74. The zero-order valence-corrected chi connectivity index (χ0v) is 10.7. The van der Waals surface area contributed by atoms with Crippen molar-refractivity contribution in [3.63, 3.8) is 0 Å². The van der Waals surface area contributed by atoms with Gasteiger partial charge in [0.15, 0.2) is 11.6 Å². The molecule has 0 bridgehead atoms. The van der Waals surface area contributed by atoms with Crippen LogP contribution in [-0.4, -0.2) is 11.7 Å². The lowest BCUT2D eigenvalue weighted by Crippen LogP contribution is -2.09. The Morgan fingerprint density at radius 3 is 2.53 bits per heavy atom. The van der Waals surface area contributed by atoms with Crippen molar-refractivity contribution in [1.82, 2.24) is 0 Å². The minimum Gasteiger partial charge on any atom is -0.396 e. The topological polar surface area (TPSA) is 20.2 Å². The molecular formula is C16H16F2O. The van der Waals surface area contributed by atoms with Gasteiger partial charge in [0.05, 0.1) is 6.61 Å². The molecule has 1 N–H and O–H groups in total. The minimum absolute atomic E-state index is 0.0978. The van der Waals surface area contributed by atoms with Gasteiger partial charge in [-0.2, -0.15) is 0 Å². The van der Waals surface area contributed by atoms with Crippen LogP contribution in [0.1, 0.15) is 22.6 Å². The third-order valence-corrected chi connectivity index (χ3v) is 3.23. The second-order valence-electron chi connectivity index (χ2n) is 4.71. The average molecular weight is 262 g/mol. The fourth-order valence-corrected chi connectivity index (χ4v) is 2.18. The van der Waals surface area contributed by atoms with Gasteiger partial charge in [-0.05, 0) is 30.5 Å². The van der Waals surface area contributed by atoms with E-state index in [1.807, 2.05) is 31.2 Å². The Morgan fingerprint density at radius 1 is 1.11 bits per heavy atom. The van der Waals surface area contributed by atoms with E-state index in [-0.39, 0.29) is 18.9 Å². The molecule has 0 radical (unpaired) electrons. The summed E-state index contributed by atoms with van der Waals surface area (Å²) in [5.41, 5.74) is 2.31. The van der Waals surface area contributed by atoms with Gasteiger partial charge in [0.2, 0.25) is 0 Å². The van der Waals surface area contributed by atoms with E-state index in [2.05, 4.69) is 0 Å². The summed E-state index contributed by atoms with van der Waals surface area (Å²) in [7, 11) is 0. The fourth-order valence-electron chi connectivity index (χ4n) is 2.18. The molecule has 0 fully saturated rings. The fraction of sp³-hybridized carbons (Fsp3) is 0.250. The van der Waals surface area contributed by atoms with Gasteiger partial charge in [-0.1, -0.05) is 42.0 Å². The first kappa shape index (κ1) is 13.7. The predicted molar refractivity (Wildman–Crippen MR) is 71.1 cm³/mol. The van der Waals surface area contributed by atoms with Crippen molar-refractivity contribution in [2.75, 3.05) is 6.61 Å². The first-order valence-corrected chi connectivity index (χ1v) is 6.22. The summed E-state index contributed by atoms with van der Waals surface area (Å²) in [4.78, 5) is 0. The molecule has 0 saturated heterocycles. The van der Waals surface area contributed by atoms with Crippen LogP contribution in [0, 0.1) is 18.6 Å². The molecule has 0 saturated carbocycles. The normalized spacial score (nSPS) is 12.4. The lowest BCUT2D eigenvalue weighted by molar-refractivity contribution is 0.263. The summed E-state index contributed by atoms with van der Waals surface area (Å²) >= 11 is 0. The molecule has 0 amide bonds. The zero-order chi connectivity index (χ0) is 13.8. The molecule has 0 heterocycles. The van der Waals surface area contributed by atoms with Crippen molar-refractivity contribution in [3.05, 3.63) is 70.8 Å². The quantitative estimate of drug-likeness (QED) is 0.892. The highest BCUT2D eigenvalue weighted by Crippen LogP contribution is 2.23. The van der Waals surface area contributed by atoms with Crippen molar-refractivity contribution < 1.29 is 13.9 Å². The number of rotatable bonds is 4. The van der Waals surface area contributed by atoms with Crippen LogP contribution in [-0.2, 0) is 6.42 Å². The van der Waals surface area contributed by atoms with Crippen LogP contribution < -0.4 is 0 Å². The van der Waals surface area contributed by atoms with Crippen LogP contribution in [0.15, 0.2) is 42.5 Å². The zero-order valence-electron chi connectivity index (χ0n) is 10.7. The predicted octanol–water partition coefficient (Wildman–Crippen LogP) is 3.59. The molecule has 2 aromatic carbocycles. The molecule has 1 atom stereocenters. The maximum atomic E-state index is 13.6. The second kappa shape index (κ2) is 5.93. The molecule has 0 aliphatic heterocycles. The number of hydrogen-bond donors (Lipinski definition) is 1. The third-order valence-electron chi connectivity index (χ3n) is 3.23. The van der Waals surface area contributed by atoms with Gasteiger partial charge in [0.25, 0.3) is 0 Å². The van der Waals surface area contributed by atoms with Crippen molar-refractivity contribution in [1.29, 1.82) is 0 Å². The van der Waals surface area contributed by atoms with Crippen molar-refractivity contribution in [2.24, 2.45) is 0 Å². The summed E-state index contributed by atoms with van der Waals surface area (Å²) in [5, 5.41) is 9.48. The van der Waals surface area contributed by atoms with E-state index < -0.39 is 11.6 Å². The number of aliphatic hydroxyl groups excluding tert-OH is 1. The maximum absolute atomic E-state index is 13.6. The van der Waals surface area contributed by atoms with Gasteiger partial charge in [-0.15, -0.1) is 0 Å². The monoisotopic (exact) mass is 262 g/mol. The molecule has 100 valence electrons. The Morgan fingerprint density at radius 2 is 1.84 bits per heavy atom. The molecule has 1 unspecified atom stereocenters. The van der Waals surface area contributed by atoms with E-state index in [4.69, 9.17) is 0 Å². The van der Waals surface area contributed by atoms with Crippen LogP contribution >= 0.6 is 0 Å². The molecule has 19 heavy (non-hydrogen) atoms. The third kappa shape index (κ3) is 3.18. The summed E-state index contributed by atoms with van der Waals surface area (Å²) in [6.45, 7) is 1.86. The van der Waals surface area contributed by atoms with E-state index in [0.717, 1.165) is 17.2 Å². The lowest BCUT2D eigenvalue weighted by Gasteiger charge is -2.16. The van der Waals surface area contributed by atoms with Gasteiger partial charge in [0.1, 0.15) is 0 Å². The van der Waals surface area contributed by atoms with Gasteiger partial charge in [-0.3, -0.25) is 0 Å². The van der Waals surface area contributed by atoms with Crippen LogP contribution in [0.4, 0.5) is 8.78 Å². The lowest BCUT2D eigenvalue weighted by atomic mass is 9.91. The summed E-state index contributed by atoms with van der Waals surface area (Å²) in [5.74, 6) is -1.90. The molecule has 2 rings (SSSR count). The Kier molecular flexibility index (Phi) is 4.27. The SMILES string of the molecule is Cc1cccc(C(CO)Cc2cccc(F)c2F)c1. The second-order valence-corrected chi connectivity index (χ2v) is 4.71. The van der Waals surface area contributed by atoms with E-state index in [1.165, 1.54) is 6.07 Å². The average Bonchev–Trinajstić information content (AvgIpc) is 2.40. The van der Waals surface area contributed by atoms with Crippen LogP contribution in [0.25, 0.3) is 0 Å². The molecule has 3 heteroatoms. The highest BCUT2D eigenvalue weighted by atomic mass is 19.2. The Balaban J connectivity index is 2.26. The van der Waals surface area contributed by atoms with Crippen molar-refractivity contribution in [2.45, 2.75) is 19.3 Å². The Bertz CT molecular complexity index is 566. The molecular weight excluding hydrogens is 246 g/mol. The standard InChI is InChI=1S/C16H16F2O/c1-11-4-2-5-12(8-11)14(10-19)9-13-6-3-7-15(17)16(13)18/h2-8,14,19H,9-10H2,1H3. The molecule has 0 aliphatic rings. The summed E-state index contributed by atoms with van der Waals surface area (Å²) in [6, 6.07) is 11.8. The van der Waals surface area contributed by atoms with Crippen LogP contribution in [0.2, 0.25) is 0 Å². The van der Waals surface area contributed by atoms with Crippen molar-refractivity contribution >= 4 is 0 Å². The molecule has 0 aromatic heterocycles. The minimum atomic E-state index is -0.849. The highest BCUT2D eigenvalue weighted by Gasteiger charge is 2.15. The first-order chi connectivity index (χ1) is 9.11. The molecule has 0 aliphatic carbocycles. The van der Waals surface area contributed by atoms with Gasteiger partial charge in [-0.25, -0.2) is 8.78 Å². The van der Waals surface area contributed by atoms with Crippen LogP contribution in [0.5, 0.6) is 0 Å². The van der Waals surface area contributed by atoms with Crippen molar-refractivity contribution in [3.8, 4) is 0 Å². The number of aliphatic hydroxyl groups is 1. The summed E-state index contributed by atoms with van der Waals surface area (Å²) in [6.07, 6.45) is 0.281. The maximum Gasteiger partial charge on any atom is 0.162 e. The van der Waals surface area contributed by atoms with E-state index in [0.29, 0.717) is 5.56 Å². The molecule has 1 nitrogen and oxygen atoms in total. The summed E-state index contributed by atoms with van der Waals surface area (Å²) < 4.78 is 26.8. The van der Waals surface area contributed by atoms with Gasteiger partial charge < -0.3 is 5.11 Å². The number of aryl methyl sites for hydroxylation is 1. The molecule has 0 spiro atoms. The molecule has 2 aromatic rings. The van der Waals surface area contributed by atoms with E-state index in [9.17, 15) is 13.9 Å². The number of benzene rings is 2. The smallest absolute Gasteiger partial charge is 0.162 e. The first-order valence-electron chi connectivity index (χ1n) is 6.22. The van der Waals surface area contributed by atoms with Crippen LogP contribution in [0.3, 0.4) is 0 Å². The number of halogens is 2. The van der Waals surface area contributed by atoms with E-state index >= 15 is 0 Å². The van der Waals surface area contributed by atoms with Gasteiger partial charge >= 0.3 is 0 Å². The number of hydrogen-bond acceptors (Lipinski definition) is 1. The van der Waals surface area contributed by atoms with E-state index in [1.54, 1.807) is 6.07 Å². The largest absolute Gasteiger partial charge is 0.396 e. The Labute approximate surface area is 111 Å². The van der Waals surface area contributed by atoms with Gasteiger partial charge in [0, 0.05) is 5.92 Å².